The van der Waals surface area contributed by atoms with Crippen LogP contribution in [0, 0.1) is 0 Å². The third-order valence-electron chi connectivity index (χ3n) is 2.78. The molecule has 2 rings (SSSR count). The average molecular weight is 356 g/mol. The van der Waals surface area contributed by atoms with Crippen LogP contribution in [0.3, 0.4) is 0 Å². The van der Waals surface area contributed by atoms with E-state index in [9.17, 15) is 9.59 Å². The lowest BCUT2D eigenvalue weighted by atomic mass is 10.1. The van der Waals surface area contributed by atoms with Gasteiger partial charge in [0, 0.05) is 16.7 Å². The maximum Gasteiger partial charge on any atom is 0.340 e. The van der Waals surface area contributed by atoms with E-state index >= 15 is 0 Å². The molecule has 0 N–H and O–H groups in total. The lowest BCUT2D eigenvalue weighted by Crippen LogP contribution is -2.14. The molecular formula is C15H11Cl2NO3S. The van der Waals surface area contributed by atoms with Crippen LogP contribution in [0.15, 0.2) is 41.4 Å². The molecule has 0 aliphatic rings. The number of aromatic nitrogens is 1. The second-order valence-electron chi connectivity index (χ2n) is 4.22. The first-order chi connectivity index (χ1) is 10.5. The maximum absolute atomic E-state index is 12.0. The van der Waals surface area contributed by atoms with E-state index in [2.05, 4.69) is 4.98 Å². The smallest absolute Gasteiger partial charge is 0.340 e. The summed E-state index contributed by atoms with van der Waals surface area (Å²) >= 11 is 13.0. The van der Waals surface area contributed by atoms with E-state index in [-0.39, 0.29) is 28.1 Å². The van der Waals surface area contributed by atoms with Crippen molar-refractivity contribution in [1.29, 1.82) is 0 Å². The number of halogens is 2. The van der Waals surface area contributed by atoms with Crippen LogP contribution in [0.1, 0.15) is 20.7 Å². The summed E-state index contributed by atoms with van der Waals surface area (Å²) in [4.78, 5) is 28.6. The highest BCUT2D eigenvalue weighted by atomic mass is 35.5. The number of nitrogens with zero attached hydrogens (tertiary/aromatic N) is 1. The third-order valence-corrected chi connectivity index (χ3v) is 4.21. The molecule has 7 heteroatoms. The van der Waals surface area contributed by atoms with Gasteiger partial charge in [-0.1, -0.05) is 35.3 Å². The number of carbonyl (C=O) groups excluding carboxylic acids is 2. The molecule has 0 aliphatic carbocycles. The van der Waals surface area contributed by atoms with E-state index in [0.29, 0.717) is 5.56 Å². The summed E-state index contributed by atoms with van der Waals surface area (Å²) < 4.78 is 4.96. The highest BCUT2D eigenvalue weighted by Gasteiger charge is 2.13. The van der Waals surface area contributed by atoms with Gasteiger partial charge in [-0.2, -0.15) is 0 Å². The highest BCUT2D eigenvalue weighted by molar-refractivity contribution is 7.98. The molecule has 0 aliphatic heterocycles. The topological polar surface area (TPSA) is 56.3 Å². The molecular weight excluding hydrogens is 345 g/mol. The van der Waals surface area contributed by atoms with E-state index < -0.39 is 5.97 Å². The fourth-order valence-corrected chi connectivity index (χ4v) is 2.29. The predicted octanol–water partition coefficient (Wildman–Crippen LogP) is 4.15. The van der Waals surface area contributed by atoms with Crippen molar-refractivity contribution in [2.75, 3.05) is 12.9 Å². The zero-order valence-corrected chi connectivity index (χ0v) is 13.8. The SMILES string of the molecule is CSc1ccc(C(=O)COC(=O)c2cnc(Cl)c(Cl)c2)cc1. The van der Waals surface area contributed by atoms with Crippen LogP contribution in [-0.2, 0) is 4.74 Å². The molecule has 22 heavy (non-hydrogen) atoms. The molecule has 4 nitrogen and oxygen atoms in total. The Balaban J connectivity index is 1.97. The van der Waals surface area contributed by atoms with Crippen molar-refractivity contribution in [2.45, 2.75) is 4.90 Å². The number of hydrogen-bond donors (Lipinski definition) is 0. The molecule has 114 valence electrons. The van der Waals surface area contributed by atoms with E-state index in [1.54, 1.807) is 23.9 Å². The Labute approximate surface area is 141 Å². The molecule has 0 spiro atoms. The molecule has 0 radical (unpaired) electrons. The molecule has 1 aromatic heterocycles. The van der Waals surface area contributed by atoms with Gasteiger partial charge in [0.15, 0.2) is 12.4 Å². The predicted molar refractivity (Wildman–Crippen MR) is 87.1 cm³/mol. The van der Waals surface area contributed by atoms with Gasteiger partial charge >= 0.3 is 5.97 Å². The summed E-state index contributed by atoms with van der Waals surface area (Å²) in [6.07, 6.45) is 3.19. The van der Waals surface area contributed by atoms with Crippen LogP contribution in [0.25, 0.3) is 0 Å². The minimum absolute atomic E-state index is 0.100. The van der Waals surface area contributed by atoms with Gasteiger partial charge in [0.25, 0.3) is 0 Å². The fraction of sp³-hybridized carbons (Fsp3) is 0.133. The van der Waals surface area contributed by atoms with Gasteiger partial charge in [-0.3, -0.25) is 4.79 Å². The molecule has 0 unspecified atom stereocenters. The molecule has 2 aromatic rings. The van der Waals surface area contributed by atoms with E-state index in [0.717, 1.165) is 4.90 Å². The van der Waals surface area contributed by atoms with E-state index in [1.165, 1.54) is 12.3 Å². The molecule has 0 saturated heterocycles. The number of rotatable bonds is 5. The number of carbonyl (C=O) groups is 2. The van der Waals surface area contributed by atoms with Gasteiger partial charge < -0.3 is 4.74 Å². The van der Waals surface area contributed by atoms with Gasteiger partial charge in [-0.15, -0.1) is 11.8 Å². The van der Waals surface area contributed by atoms with Gasteiger partial charge in [0.1, 0.15) is 5.15 Å². The number of ether oxygens (including phenoxy) is 1. The molecule has 0 saturated carbocycles. The van der Waals surface area contributed by atoms with Crippen molar-refractivity contribution in [3.8, 4) is 0 Å². The van der Waals surface area contributed by atoms with Crippen molar-refractivity contribution < 1.29 is 14.3 Å². The molecule has 0 atom stereocenters. The molecule has 0 fully saturated rings. The Kier molecular flexibility index (Phi) is 5.83. The number of Topliss-reactive ketones (excluding diaryl/α,β-unsaturated/α-hetero) is 1. The summed E-state index contributed by atoms with van der Waals surface area (Å²) in [5.41, 5.74) is 0.623. The summed E-state index contributed by atoms with van der Waals surface area (Å²) in [7, 11) is 0. The Bertz CT molecular complexity index is 704. The van der Waals surface area contributed by atoms with Crippen LogP contribution in [0.5, 0.6) is 0 Å². The number of benzene rings is 1. The van der Waals surface area contributed by atoms with Gasteiger partial charge in [0.05, 0.1) is 10.6 Å². The number of pyridine rings is 1. The van der Waals surface area contributed by atoms with Crippen molar-refractivity contribution in [1.82, 2.24) is 4.98 Å². The van der Waals surface area contributed by atoms with Crippen molar-refractivity contribution in [3.63, 3.8) is 0 Å². The van der Waals surface area contributed by atoms with E-state index in [4.69, 9.17) is 27.9 Å². The molecule has 1 aromatic carbocycles. The lowest BCUT2D eigenvalue weighted by Gasteiger charge is -2.05. The summed E-state index contributed by atoms with van der Waals surface area (Å²) in [6, 6.07) is 8.41. The number of esters is 1. The minimum Gasteiger partial charge on any atom is -0.454 e. The number of hydrogen-bond acceptors (Lipinski definition) is 5. The largest absolute Gasteiger partial charge is 0.454 e. The fourth-order valence-electron chi connectivity index (χ4n) is 1.61. The zero-order valence-electron chi connectivity index (χ0n) is 11.5. The minimum atomic E-state index is -0.680. The third kappa shape index (κ3) is 4.22. The second kappa shape index (κ2) is 7.63. The van der Waals surface area contributed by atoms with Crippen LogP contribution < -0.4 is 0 Å². The zero-order chi connectivity index (χ0) is 16.1. The maximum atomic E-state index is 12.0. The monoisotopic (exact) mass is 355 g/mol. The molecule has 0 bridgehead atoms. The Morgan fingerprint density at radius 3 is 2.45 bits per heavy atom. The highest BCUT2D eigenvalue weighted by Crippen LogP contribution is 2.20. The van der Waals surface area contributed by atoms with Crippen LogP contribution in [0.2, 0.25) is 10.2 Å². The average Bonchev–Trinajstić information content (AvgIpc) is 2.54. The van der Waals surface area contributed by atoms with Gasteiger partial charge in [-0.05, 0) is 24.5 Å². The lowest BCUT2D eigenvalue weighted by molar-refractivity contribution is 0.0474. The first kappa shape index (κ1) is 16.8. The standard InChI is InChI=1S/C15H11Cl2NO3S/c1-22-11-4-2-9(3-5-11)13(19)8-21-15(20)10-6-12(16)14(17)18-7-10/h2-7H,8H2,1H3. The van der Waals surface area contributed by atoms with Crippen LogP contribution in [0.4, 0.5) is 0 Å². The van der Waals surface area contributed by atoms with E-state index in [1.807, 2.05) is 18.4 Å². The summed E-state index contributed by atoms with van der Waals surface area (Å²) in [5.74, 6) is -0.964. The Hall–Kier alpha value is -1.56. The first-order valence-electron chi connectivity index (χ1n) is 6.16. The normalized spacial score (nSPS) is 10.3. The number of thioether (sulfide) groups is 1. The Morgan fingerprint density at radius 2 is 1.86 bits per heavy atom. The quantitative estimate of drug-likeness (QED) is 0.349. The number of ketones is 1. The Morgan fingerprint density at radius 1 is 1.18 bits per heavy atom. The first-order valence-corrected chi connectivity index (χ1v) is 8.14. The summed E-state index contributed by atoms with van der Waals surface area (Å²) in [6.45, 7) is -0.350. The van der Waals surface area contributed by atoms with Crippen LogP contribution in [-0.4, -0.2) is 29.6 Å². The second-order valence-corrected chi connectivity index (χ2v) is 5.87. The molecule has 0 amide bonds. The van der Waals surface area contributed by atoms with Gasteiger partial charge in [-0.25, -0.2) is 9.78 Å². The van der Waals surface area contributed by atoms with Gasteiger partial charge in [0.2, 0.25) is 0 Å². The van der Waals surface area contributed by atoms with Crippen LogP contribution >= 0.6 is 35.0 Å². The molecule has 1 heterocycles. The van der Waals surface area contributed by atoms with Crippen molar-refractivity contribution in [3.05, 3.63) is 57.8 Å². The summed E-state index contributed by atoms with van der Waals surface area (Å²) in [5, 5.41) is 0.248. The van der Waals surface area contributed by atoms with Crippen molar-refractivity contribution in [2.24, 2.45) is 0 Å². The van der Waals surface area contributed by atoms with Crippen molar-refractivity contribution >= 4 is 46.7 Å².